The Balaban J connectivity index is 1.38. The van der Waals surface area contributed by atoms with Crippen LogP contribution in [0.4, 0.5) is 11.6 Å². The van der Waals surface area contributed by atoms with Crippen molar-refractivity contribution in [2.45, 2.75) is 65.8 Å². The molecule has 0 radical (unpaired) electrons. The Morgan fingerprint density at radius 3 is 2.51 bits per heavy atom. The second kappa shape index (κ2) is 12.3. The number of carbonyl (C=O) groups excluding carboxylic acids is 1. The zero-order chi connectivity index (χ0) is 30.9. The Morgan fingerprint density at radius 1 is 1.14 bits per heavy atom. The number of hydrogen-bond acceptors (Lipinski definition) is 8. The zero-order valence-corrected chi connectivity index (χ0v) is 26.9. The summed E-state index contributed by atoms with van der Waals surface area (Å²) in [5.41, 5.74) is 6.71. The number of benzene rings is 1. The topological polar surface area (TPSA) is 134 Å². The van der Waals surface area contributed by atoms with Gasteiger partial charge >= 0.3 is 0 Å². The van der Waals surface area contributed by atoms with Crippen LogP contribution in [0.3, 0.4) is 0 Å². The van der Waals surface area contributed by atoms with E-state index in [9.17, 15) is 13.2 Å². The first-order valence-corrected chi connectivity index (χ1v) is 16.8. The van der Waals surface area contributed by atoms with Crippen molar-refractivity contribution in [2.24, 2.45) is 12.5 Å². The molecule has 0 bridgehead atoms. The number of fused-ring (bicyclic) bond motifs is 3. The smallest absolute Gasteiger partial charge is 0.276 e. The van der Waals surface area contributed by atoms with Crippen molar-refractivity contribution in [3.8, 4) is 11.4 Å². The minimum absolute atomic E-state index is 0.0105. The molecule has 3 N–H and O–H groups in total. The van der Waals surface area contributed by atoms with Gasteiger partial charge in [-0.3, -0.25) is 9.48 Å². The van der Waals surface area contributed by atoms with Gasteiger partial charge in [-0.2, -0.15) is 5.10 Å². The van der Waals surface area contributed by atoms with Gasteiger partial charge in [-0.25, -0.2) is 22.7 Å². The summed E-state index contributed by atoms with van der Waals surface area (Å²) < 4.78 is 29.0. The van der Waals surface area contributed by atoms with Crippen molar-refractivity contribution < 1.29 is 13.2 Å². The lowest BCUT2D eigenvalue weighted by Gasteiger charge is -2.43. The monoisotopic (exact) mass is 608 g/mol. The first-order chi connectivity index (χ1) is 20.5. The van der Waals surface area contributed by atoms with Gasteiger partial charge in [0, 0.05) is 50.2 Å². The predicted molar refractivity (Wildman–Crippen MR) is 170 cm³/mol. The summed E-state index contributed by atoms with van der Waals surface area (Å²) in [6, 6.07) is 6.13. The lowest BCUT2D eigenvalue weighted by atomic mass is 9.80. The van der Waals surface area contributed by atoms with E-state index in [0.717, 1.165) is 52.2 Å². The number of amides is 1. The van der Waals surface area contributed by atoms with E-state index in [0.29, 0.717) is 50.5 Å². The molecule has 2 aliphatic rings. The molecule has 3 aromatic rings. The maximum absolute atomic E-state index is 13.6. The SMILES string of the molecule is CCc1cccc(CC)c1NC(=O)c1nn(C)c2c1CCc1cnc(NC3CCN(S(=O)(=O)CCNC)CC3(C)C)nc1-2. The summed E-state index contributed by atoms with van der Waals surface area (Å²) in [6.45, 7) is 9.63. The Labute approximate surface area is 254 Å². The van der Waals surface area contributed by atoms with E-state index in [4.69, 9.17) is 4.98 Å². The quantitative estimate of drug-likeness (QED) is 0.319. The average molecular weight is 609 g/mol. The Hall–Kier alpha value is -3.35. The van der Waals surface area contributed by atoms with Crippen LogP contribution in [0, 0.1) is 5.41 Å². The molecule has 11 nitrogen and oxygen atoms in total. The number of sulfonamides is 1. The Kier molecular flexibility index (Phi) is 8.92. The number of aromatic nitrogens is 4. The zero-order valence-electron chi connectivity index (χ0n) is 26.1. The van der Waals surface area contributed by atoms with E-state index >= 15 is 0 Å². The number of hydrogen-bond donors (Lipinski definition) is 3. The molecule has 1 amide bonds. The summed E-state index contributed by atoms with van der Waals surface area (Å²) in [6.07, 6.45) is 5.55. The maximum atomic E-state index is 13.6. The van der Waals surface area contributed by atoms with Crippen LogP contribution in [0.2, 0.25) is 0 Å². The first kappa shape index (κ1) is 31.1. The van der Waals surface area contributed by atoms with E-state index in [1.54, 1.807) is 16.0 Å². The number of carbonyl (C=O) groups is 1. The van der Waals surface area contributed by atoms with Gasteiger partial charge in [0.1, 0.15) is 0 Å². The molecule has 1 atom stereocenters. The second-order valence-electron chi connectivity index (χ2n) is 12.2. The third kappa shape index (κ3) is 6.18. The third-order valence-corrected chi connectivity index (χ3v) is 10.7. The molecular weight excluding hydrogens is 564 g/mol. The number of anilines is 2. The molecule has 1 aliphatic carbocycles. The number of aryl methyl sites for hydroxylation is 4. The predicted octanol–water partition coefficient (Wildman–Crippen LogP) is 3.41. The molecule has 232 valence electrons. The Bertz CT molecular complexity index is 1590. The van der Waals surface area contributed by atoms with Gasteiger partial charge in [0.2, 0.25) is 16.0 Å². The van der Waals surface area contributed by atoms with E-state index in [1.807, 2.05) is 19.3 Å². The highest BCUT2D eigenvalue weighted by Gasteiger charge is 2.40. The molecule has 1 saturated heterocycles. The van der Waals surface area contributed by atoms with Crippen molar-refractivity contribution >= 4 is 27.6 Å². The van der Waals surface area contributed by atoms with Gasteiger partial charge < -0.3 is 16.0 Å². The van der Waals surface area contributed by atoms with Gasteiger partial charge in [-0.1, -0.05) is 45.9 Å². The van der Waals surface area contributed by atoms with Crippen LogP contribution in [-0.2, 0) is 42.8 Å². The summed E-state index contributed by atoms with van der Waals surface area (Å²) in [5, 5.41) is 14.3. The first-order valence-electron chi connectivity index (χ1n) is 15.2. The standard InChI is InChI=1S/C31H44N8O3S/c1-7-20-10-9-11-21(8-2)25(20)35-29(40)27-23-13-12-22-18-33-30(36-26(22)28(23)38(6)37-27)34-24-14-16-39(19-31(24,3)4)43(41,42)17-15-32-5/h9-11,18,24,32H,7-8,12-17,19H2,1-6H3,(H,35,40)(H,33,34,36). The average Bonchev–Trinajstić information content (AvgIpc) is 3.33. The van der Waals surface area contributed by atoms with Crippen LogP contribution in [0.1, 0.15) is 66.9 Å². The molecule has 3 heterocycles. The van der Waals surface area contributed by atoms with E-state index in [2.05, 4.69) is 65.9 Å². The Morgan fingerprint density at radius 2 is 1.86 bits per heavy atom. The molecule has 2 aromatic heterocycles. The summed E-state index contributed by atoms with van der Waals surface area (Å²) in [4.78, 5) is 23.2. The highest BCUT2D eigenvalue weighted by atomic mass is 32.2. The largest absolute Gasteiger partial charge is 0.351 e. The van der Waals surface area contributed by atoms with Crippen LogP contribution in [0.5, 0.6) is 0 Å². The van der Waals surface area contributed by atoms with Gasteiger partial charge in [0.15, 0.2) is 5.69 Å². The molecule has 0 spiro atoms. The van der Waals surface area contributed by atoms with Gasteiger partial charge in [0.05, 0.1) is 17.1 Å². The number of nitrogens with zero attached hydrogens (tertiary/aromatic N) is 5. The van der Waals surface area contributed by atoms with Crippen molar-refractivity contribution in [3.05, 3.63) is 52.3 Å². The second-order valence-corrected chi connectivity index (χ2v) is 14.3. The van der Waals surface area contributed by atoms with Gasteiger partial charge in [-0.05, 0) is 61.3 Å². The fourth-order valence-electron chi connectivity index (χ4n) is 6.31. The summed E-state index contributed by atoms with van der Waals surface area (Å²) in [7, 11) is 0.282. The van der Waals surface area contributed by atoms with E-state index < -0.39 is 10.0 Å². The summed E-state index contributed by atoms with van der Waals surface area (Å²) >= 11 is 0. The van der Waals surface area contributed by atoms with E-state index in [1.165, 1.54) is 0 Å². The molecule has 1 unspecified atom stereocenters. The third-order valence-electron chi connectivity index (χ3n) is 8.83. The molecule has 5 rings (SSSR count). The van der Waals surface area contributed by atoms with Crippen molar-refractivity contribution in [2.75, 3.05) is 43.1 Å². The highest BCUT2D eigenvalue weighted by Crippen LogP contribution is 2.36. The minimum atomic E-state index is -3.33. The van der Waals surface area contributed by atoms with E-state index in [-0.39, 0.29) is 23.1 Å². The molecule has 12 heteroatoms. The molecule has 1 aliphatic heterocycles. The number of para-hydroxylation sites is 1. The molecule has 1 fully saturated rings. The summed E-state index contributed by atoms with van der Waals surface area (Å²) in [5.74, 6) is 0.373. The molecule has 0 saturated carbocycles. The molecule has 1 aromatic carbocycles. The molecular formula is C31H44N8O3S. The van der Waals surface area contributed by atoms with Crippen LogP contribution in [-0.4, -0.2) is 76.9 Å². The van der Waals surface area contributed by atoms with Crippen molar-refractivity contribution in [3.63, 3.8) is 0 Å². The highest BCUT2D eigenvalue weighted by molar-refractivity contribution is 7.89. The van der Waals surface area contributed by atoms with Crippen LogP contribution < -0.4 is 16.0 Å². The number of piperidine rings is 1. The lowest BCUT2D eigenvalue weighted by Crippen LogP contribution is -2.54. The van der Waals surface area contributed by atoms with Gasteiger partial charge in [0.25, 0.3) is 5.91 Å². The van der Waals surface area contributed by atoms with Crippen molar-refractivity contribution in [1.29, 1.82) is 0 Å². The van der Waals surface area contributed by atoms with Gasteiger partial charge in [-0.15, -0.1) is 0 Å². The fourth-order valence-corrected chi connectivity index (χ4v) is 7.94. The van der Waals surface area contributed by atoms with Crippen molar-refractivity contribution in [1.82, 2.24) is 29.4 Å². The van der Waals surface area contributed by atoms with Crippen LogP contribution >= 0.6 is 0 Å². The minimum Gasteiger partial charge on any atom is -0.351 e. The van der Waals surface area contributed by atoms with Crippen LogP contribution in [0.25, 0.3) is 11.4 Å². The van der Waals surface area contributed by atoms with Crippen LogP contribution in [0.15, 0.2) is 24.4 Å². The molecule has 43 heavy (non-hydrogen) atoms. The normalized spacial score (nSPS) is 18.1. The maximum Gasteiger partial charge on any atom is 0.276 e. The fraction of sp³-hybridized carbons (Fsp3) is 0.548. The number of rotatable bonds is 10. The lowest BCUT2D eigenvalue weighted by molar-refractivity contribution is 0.102. The number of nitrogens with one attached hydrogen (secondary N) is 3.